The van der Waals surface area contributed by atoms with E-state index in [1.807, 2.05) is 0 Å². The van der Waals surface area contributed by atoms with Gasteiger partial charge in [-0.05, 0) is 37.5 Å². The van der Waals surface area contributed by atoms with Gasteiger partial charge in [-0.3, -0.25) is 0 Å². The first-order valence-electron chi connectivity index (χ1n) is 7.78. The van der Waals surface area contributed by atoms with E-state index in [0.717, 1.165) is 32.5 Å². The first-order valence-corrected chi connectivity index (χ1v) is 7.78. The summed E-state index contributed by atoms with van der Waals surface area (Å²) in [5.41, 5.74) is 4.02. The first-order chi connectivity index (χ1) is 10.3. The van der Waals surface area contributed by atoms with E-state index in [1.54, 1.807) is 0 Å². The van der Waals surface area contributed by atoms with E-state index in [9.17, 15) is 0 Å². The normalized spacial score (nSPS) is 18.7. The molecule has 3 rings (SSSR count). The molecule has 1 atom stereocenters. The summed E-state index contributed by atoms with van der Waals surface area (Å²) in [6, 6.07) is 19.5. The van der Waals surface area contributed by atoms with Crippen LogP contribution in [-0.2, 0) is 11.2 Å². The molecule has 0 amide bonds. The predicted octanol–water partition coefficient (Wildman–Crippen LogP) is 3.83. The lowest BCUT2D eigenvalue weighted by molar-refractivity contribution is 0.0355. The number of anilines is 1. The monoisotopic (exact) mass is 281 g/mol. The lowest BCUT2D eigenvalue weighted by Crippen LogP contribution is -2.42. The lowest BCUT2D eigenvalue weighted by atomic mass is 10.1. The van der Waals surface area contributed by atoms with Crippen molar-refractivity contribution in [2.24, 2.45) is 0 Å². The average Bonchev–Trinajstić information content (AvgIpc) is 2.55. The molecule has 2 aromatic rings. The third kappa shape index (κ3) is 3.85. The number of morpholine rings is 1. The molecule has 110 valence electrons. The maximum Gasteiger partial charge on any atom is 0.0754 e. The first kappa shape index (κ1) is 14.2. The van der Waals surface area contributed by atoms with Gasteiger partial charge in [0.15, 0.2) is 0 Å². The zero-order valence-corrected chi connectivity index (χ0v) is 12.7. The number of hydrogen-bond donors (Lipinski definition) is 0. The Kier molecular flexibility index (Phi) is 4.56. The molecule has 2 aromatic carbocycles. The Balaban J connectivity index is 1.57. The molecule has 1 unspecified atom stereocenters. The van der Waals surface area contributed by atoms with Crippen molar-refractivity contribution in [1.82, 2.24) is 0 Å². The van der Waals surface area contributed by atoms with Crippen LogP contribution in [0.15, 0.2) is 54.6 Å². The predicted molar refractivity (Wildman–Crippen MR) is 87.9 cm³/mol. The van der Waals surface area contributed by atoms with E-state index < -0.39 is 0 Å². The third-order valence-corrected chi connectivity index (χ3v) is 4.14. The van der Waals surface area contributed by atoms with E-state index in [1.165, 1.54) is 16.8 Å². The average molecular weight is 281 g/mol. The Morgan fingerprint density at radius 1 is 1.05 bits per heavy atom. The van der Waals surface area contributed by atoms with Gasteiger partial charge in [0, 0.05) is 18.8 Å². The molecule has 0 bridgehead atoms. The quantitative estimate of drug-likeness (QED) is 0.844. The molecule has 1 aliphatic rings. The van der Waals surface area contributed by atoms with Gasteiger partial charge in [0.05, 0.1) is 12.7 Å². The minimum atomic E-state index is 0.334. The van der Waals surface area contributed by atoms with Crippen LogP contribution in [-0.4, -0.2) is 25.8 Å². The van der Waals surface area contributed by atoms with Crippen LogP contribution in [0.1, 0.15) is 17.5 Å². The van der Waals surface area contributed by atoms with Crippen molar-refractivity contribution in [1.29, 1.82) is 0 Å². The number of benzene rings is 2. The van der Waals surface area contributed by atoms with Crippen LogP contribution >= 0.6 is 0 Å². The van der Waals surface area contributed by atoms with E-state index in [0.29, 0.717) is 6.10 Å². The van der Waals surface area contributed by atoms with Gasteiger partial charge in [-0.15, -0.1) is 0 Å². The lowest BCUT2D eigenvalue weighted by Gasteiger charge is -2.34. The van der Waals surface area contributed by atoms with Gasteiger partial charge in [0.25, 0.3) is 0 Å². The maximum atomic E-state index is 5.93. The van der Waals surface area contributed by atoms with Crippen molar-refractivity contribution in [3.05, 3.63) is 65.7 Å². The van der Waals surface area contributed by atoms with Gasteiger partial charge in [0.1, 0.15) is 0 Å². The molecule has 0 radical (unpaired) electrons. The Morgan fingerprint density at radius 2 is 1.81 bits per heavy atom. The van der Waals surface area contributed by atoms with Crippen LogP contribution in [0.5, 0.6) is 0 Å². The number of rotatable bonds is 4. The summed E-state index contributed by atoms with van der Waals surface area (Å²) in [6.07, 6.45) is 2.51. The summed E-state index contributed by atoms with van der Waals surface area (Å²) in [7, 11) is 0. The summed E-state index contributed by atoms with van der Waals surface area (Å²) in [6.45, 7) is 4.94. The molecular weight excluding hydrogens is 258 g/mol. The topological polar surface area (TPSA) is 12.5 Å². The van der Waals surface area contributed by atoms with E-state index in [-0.39, 0.29) is 0 Å². The largest absolute Gasteiger partial charge is 0.375 e. The van der Waals surface area contributed by atoms with Crippen LogP contribution < -0.4 is 4.90 Å². The molecule has 21 heavy (non-hydrogen) atoms. The zero-order valence-electron chi connectivity index (χ0n) is 12.7. The fourth-order valence-electron chi connectivity index (χ4n) is 2.86. The van der Waals surface area contributed by atoms with E-state index in [2.05, 4.69) is 66.4 Å². The standard InChI is InChI=1S/C19H23NO/c1-16-7-10-18(11-8-16)20-13-14-21-19(15-20)12-9-17-5-3-2-4-6-17/h2-8,10-11,19H,9,12-15H2,1H3. The van der Waals surface area contributed by atoms with Crippen molar-refractivity contribution in [2.45, 2.75) is 25.9 Å². The Morgan fingerprint density at radius 3 is 2.57 bits per heavy atom. The fraction of sp³-hybridized carbons (Fsp3) is 0.368. The number of aryl methyl sites for hydroxylation is 2. The fourth-order valence-corrected chi connectivity index (χ4v) is 2.86. The second-order valence-electron chi connectivity index (χ2n) is 5.80. The van der Waals surface area contributed by atoms with Crippen molar-refractivity contribution in [3.8, 4) is 0 Å². The molecule has 0 aliphatic carbocycles. The maximum absolute atomic E-state index is 5.93. The number of nitrogens with zero attached hydrogens (tertiary/aromatic N) is 1. The Labute approximate surface area is 127 Å². The molecule has 1 saturated heterocycles. The molecule has 0 spiro atoms. The van der Waals surface area contributed by atoms with Gasteiger partial charge in [-0.1, -0.05) is 48.0 Å². The van der Waals surface area contributed by atoms with E-state index >= 15 is 0 Å². The van der Waals surface area contributed by atoms with Crippen molar-refractivity contribution >= 4 is 5.69 Å². The smallest absolute Gasteiger partial charge is 0.0754 e. The molecule has 0 saturated carbocycles. The molecule has 0 aromatic heterocycles. The SMILES string of the molecule is Cc1ccc(N2CCOC(CCc3ccccc3)C2)cc1. The third-order valence-electron chi connectivity index (χ3n) is 4.14. The van der Waals surface area contributed by atoms with E-state index in [4.69, 9.17) is 4.74 Å². The molecule has 1 heterocycles. The highest BCUT2D eigenvalue weighted by Gasteiger charge is 2.20. The molecule has 2 nitrogen and oxygen atoms in total. The van der Waals surface area contributed by atoms with Crippen molar-refractivity contribution in [3.63, 3.8) is 0 Å². The summed E-state index contributed by atoms with van der Waals surface area (Å²) >= 11 is 0. The van der Waals surface area contributed by atoms with Crippen LogP contribution in [0, 0.1) is 6.92 Å². The van der Waals surface area contributed by atoms with Gasteiger partial charge >= 0.3 is 0 Å². The molecular formula is C19H23NO. The summed E-state index contributed by atoms with van der Waals surface area (Å²) < 4.78 is 5.93. The van der Waals surface area contributed by atoms with Gasteiger partial charge in [0.2, 0.25) is 0 Å². The van der Waals surface area contributed by atoms with Crippen LogP contribution in [0.2, 0.25) is 0 Å². The second-order valence-corrected chi connectivity index (χ2v) is 5.80. The van der Waals surface area contributed by atoms with Crippen molar-refractivity contribution in [2.75, 3.05) is 24.6 Å². The van der Waals surface area contributed by atoms with Crippen LogP contribution in [0.3, 0.4) is 0 Å². The summed E-state index contributed by atoms with van der Waals surface area (Å²) in [4.78, 5) is 2.44. The highest BCUT2D eigenvalue weighted by Crippen LogP contribution is 2.20. The molecule has 0 N–H and O–H groups in total. The Hall–Kier alpha value is -1.80. The minimum absolute atomic E-state index is 0.334. The molecule has 2 heteroatoms. The number of ether oxygens (including phenoxy) is 1. The Bertz CT molecular complexity index is 550. The minimum Gasteiger partial charge on any atom is -0.375 e. The van der Waals surface area contributed by atoms with Crippen LogP contribution in [0.25, 0.3) is 0 Å². The zero-order chi connectivity index (χ0) is 14.5. The molecule has 1 fully saturated rings. The summed E-state index contributed by atoms with van der Waals surface area (Å²) in [5.74, 6) is 0. The van der Waals surface area contributed by atoms with Gasteiger partial charge in [-0.2, -0.15) is 0 Å². The molecule has 1 aliphatic heterocycles. The van der Waals surface area contributed by atoms with Crippen molar-refractivity contribution < 1.29 is 4.74 Å². The summed E-state index contributed by atoms with van der Waals surface area (Å²) in [5, 5.41) is 0. The van der Waals surface area contributed by atoms with Gasteiger partial charge in [-0.25, -0.2) is 0 Å². The van der Waals surface area contributed by atoms with Gasteiger partial charge < -0.3 is 9.64 Å². The highest BCUT2D eigenvalue weighted by molar-refractivity contribution is 5.47. The second kappa shape index (κ2) is 6.77. The highest BCUT2D eigenvalue weighted by atomic mass is 16.5. The number of hydrogen-bond acceptors (Lipinski definition) is 2. The van der Waals surface area contributed by atoms with Crippen LogP contribution in [0.4, 0.5) is 5.69 Å².